The molecule has 0 aliphatic carbocycles. The van der Waals surface area contributed by atoms with E-state index in [9.17, 15) is 4.79 Å². The molecule has 104 valence electrons. The van der Waals surface area contributed by atoms with Gasteiger partial charge in [0.1, 0.15) is 5.82 Å². The highest BCUT2D eigenvalue weighted by atomic mass is 16.1. The number of aromatic nitrogens is 1. The molecule has 4 nitrogen and oxygen atoms in total. The maximum Gasteiger partial charge on any atom is 0.255 e. The fourth-order valence-electron chi connectivity index (χ4n) is 2.17. The lowest BCUT2D eigenvalue weighted by molar-refractivity contribution is 0.102. The second-order valence-corrected chi connectivity index (χ2v) is 4.96. The second kappa shape index (κ2) is 5.74. The van der Waals surface area contributed by atoms with Gasteiger partial charge in [-0.2, -0.15) is 0 Å². The summed E-state index contributed by atoms with van der Waals surface area (Å²) in [6.07, 6.45) is 0.745. The molecule has 2 aromatic rings. The largest absolute Gasteiger partial charge is 0.384 e. The van der Waals surface area contributed by atoms with E-state index < -0.39 is 0 Å². The highest BCUT2D eigenvalue weighted by Crippen LogP contribution is 2.16. The first-order valence-corrected chi connectivity index (χ1v) is 6.64. The molecular weight excluding hydrogens is 250 g/mol. The predicted octanol–water partition coefficient (Wildman–Crippen LogP) is 3.10. The van der Waals surface area contributed by atoms with Crippen LogP contribution in [0.2, 0.25) is 0 Å². The minimum atomic E-state index is -0.168. The van der Waals surface area contributed by atoms with Gasteiger partial charge in [-0.1, -0.05) is 13.0 Å². The van der Waals surface area contributed by atoms with Crippen molar-refractivity contribution in [1.29, 1.82) is 0 Å². The van der Waals surface area contributed by atoms with E-state index in [4.69, 9.17) is 5.73 Å². The van der Waals surface area contributed by atoms with Crippen LogP contribution in [0.1, 0.15) is 34.1 Å². The van der Waals surface area contributed by atoms with Gasteiger partial charge in [-0.3, -0.25) is 4.79 Å². The van der Waals surface area contributed by atoms with E-state index in [2.05, 4.69) is 16.4 Å². The molecule has 1 heterocycles. The molecule has 2 rings (SSSR count). The van der Waals surface area contributed by atoms with E-state index in [0.29, 0.717) is 11.4 Å². The zero-order valence-corrected chi connectivity index (χ0v) is 12.0. The van der Waals surface area contributed by atoms with Crippen molar-refractivity contribution in [2.45, 2.75) is 27.2 Å². The van der Waals surface area contributed by atoms with Crippen molar-refractivity contribution in [3.05, 3.63) is 52.7 Å². The first-order chi connectivity index (χ1) is 9.47. The van der Waals surface area contributed by atoms with Crippen LogP contribution in [0.15, 0.2) is 30.3 Å². The van der Waals surface area contributed by atoms with Gasteiger partial charge in [0.15, 0.2) is 0 Å². The molecule has 0 saturated carbocycles. The van der Waals surface area contributed by atoms with E-state index in [1.165, 1.54) is 0 Å². The van der Waals surface area contributed by atoms with Gasteiger partial charge in [0.2, 0.25) is 0 Å². The summed E-state index contributed by atoms with van der Waals surface area (Å²) in [5.74, 6) is 0.203. The molecule has 0 atom stereocenters. The van der Waals surface area contributed by atoms with Gasteiger partial charge in [-0.25, -0.2) is 4.98 Å². The number of hydrogen-bond acceptors (Lipinski definition) is 3. The molecule has 0 saturated heterocycles. The van der Waals surface area contributed by atoms with Crippen LogP contribution in [0.25, 0.3) is 0 Å². The van der Waals surface area contributed by atoms with Crippen LogP contribution < -0.4 is 11.1 Å². The number of rotatable bonds is 3. The summed E-state index contributed by atoms with van der Waals surface area (Å²) in [5.41, 5.74) is 10.1. The molecule has 0 spiro atoms. The van der Waals surface area contributed by atoms with Gasteiger partial charge in [0.05, 0.1) is 0 Å². The maximum atomic E-state index is 12.3. The molecule has 0 fully saturated rings. The van der Waals surface area contributed by atoms with Crippen LogP contribution in [0.3, 0.4) is 0 Å². The van der Waals surface area contributed by atoms with E-state index in [1.807, 2.05) is 32.9 Å². The summed E-state index contributed by atoms with van der Waals surface area (Å²) in [5, 5.41) is 2.90. The number of nitrogens with two attached hydrogens (primary N) is 1. The van der Waals surface area contributed by atoms with Crippen molar-refractivity contribution in [2.75, 3.05) is 11.1 Å². The van der Waals surface area contributed by atoms with Gasteiger partial charge in [-0.15, -0.1) is 0 Å². The van der Waals surface area contributed by atoms with Crippen LogP contribution >= 0.6 is 0 Å². The van der Waals surface area contributed by atoms with Gasteiger partial charge in [-0.05, 0) is 55.7 Å². The first-order valence-electron chi connectivity index (χ1n) is 6.64. The van der Waals surface area contributed by atoms with Crippen LogP contribution in [0, 0.1) is 13.8 Å². The lowest BCUT2D eigenvalue weighted by Crippen LogP contribution is -2.13. The van der Waals surface area contributed by atoms with Crippen molar-refractivity contribution in [1.82, 2.24) is 4.98 Å². The summed E-state index contributed by atoms with van der Waals surface area (Å²) < 4.78 is 0. The minimum absolute atomic E-state index is 0.168. The van der Waals surface area contributed by atoms with Crippen LogP contribution in [0.5, 0.6) is 0 Å². The lowest BCUT2D eigenvalue weighted by atomic mass is 10.1. The number of hydrogen-bond donors (Lipinski definition) is 2. The Morgan fingerprint density at radius 3 is 2.40 bits per heavy atom. The second-order valence-electron chi connectivity index (χ2n) is 4.96. The zero-order chi connectivity index (χ0) is 14.7. The van der Waals surface area contributed by atoms with Crippen molar-refractivity contribution in [3.8, 4) is 0 Å². The van der Waals surface area contributed by atoms with Gasteiger partial charge in [0, 0.05) is 16.9 Å². The average molecular weight is 269 g/mol. The fourth-order valence-corrected chi connectivity index (χ4v) is 2.17. The van der Waals surface area contributed by atoms with Gasteiger partial charge in [0.25, 0.3) is 5.91 Å². The Hall–Kier alpha value is -2.36. The number of carbonyl (C=O) groups is 1. The number of carbonyl (C=O) groups excluding carboxylic acids is 1. The summed E-state index contributed by atoms with van der Waals surface area (Å²) in [6, 6.07) is 9.31. The molecule has 0 radical (unpaired) electrons. The average Bonchev–Trinajstić information content (AvgIpc) is 2.36. The molecule has 3 N–H and O–H groups in total. The van der Waals surface area contributed by atoms with E-state index in [1.54, 1.807) is 12.1 Å². The van der Waals surface area contributed by atoms with Gasteiger partial charge < -0.3 is 11.1 Å². The Morgan fingerprint density at radius 1 is 1.15 bits per heavy atom. The SMILES string of the molecule is CCc1cc(C(=O)Nc2cc(C)cc(C)c2)cc(N)n1. The number of benzene rings is 1. The zero-order valence-electron chi connectivity index (χ0n) is 12.0. The van der Waals surface area contributed by atoms with Crippen LogP contribution in [0.4, 0.5) is 11.5 Å². The highest BCUT2D eigenvalue weighted by molar-refractivity contribution is 6.04. The molecule has 0 unspecified atom stereocenters. The van der Waals surface area contributed by atoms with Gasteiger partial charge >= 0.3 is 0 Å². The Kier molecular flexibility index (Phi) is 4.03. The number of aryl methyl sites for hydroxylation is 3. The predicted molar refractivity (Wildman–Crippen MR) is 81.9 cm³/mol. The van der Waals surface area contributed by atoms with Crippen molar-refractivity contribution in [2.24, 2.45) is 0 Å². The van der Waals surface area contributed by atoms with Crippen LogP contribution in [-0.2, 0) is 6.42 Å². The number of nitrogens with one attached hydrogen (secondary N) is 1. The third-order valence-corrected chi connectivity index (χ3v) is 3.00. The Bertz CT molecular complexity index is 630. The Labute approximate surface area is 119 Å². The molecule has 20 heavy (non-hydrogen) atoms. The number of nitrogens with zero attached hydrogens (tertiary/aromatic N) is 1. The minimum Gasteiger partial charge on any atom is -0.384 e. The molecule has 0 aliphatic rings. The summed E-state index contributed by atoms with van der Waals surface area (Å²) >= 11 is 0. The standard InChI is InChI=1S/C16H19N3O/c1-4-13-8-12(9-15(17)18-13)16(20)19-14-6-10(2)5-11(3)7-14/h5-9H,4H2,1-3H3,(H2,17,18)(H,19,20). The molecule has 0 bridgehead atoms. The lowest BCUT2D eigenvalue weighted by Gasteiger charge is -2.09. The quantitative estimate of drug-likeness (QED) is 0.899. The first kappa shape index (κ1) is 14.1. The van der Waals surface area contributed by atoms with E-state index in [0.717, 1.165) is 28.9 Å². The van der Waals surface area contributed by atoms with E-state index in [-0.39, 0.29) is 5.91 Å². The molecule has 1 amide bonds. The normalized spacial score (nSPS) is 10.3. The molecule has 4 heteroatoms. The van der Waals surface area contributed by atoms with Crippen molar-refractivity contribution in [3.63, 3.8) is 0 Å². The van der Waals surface area contributed by atoms with E-state index >= 15 is 0 Å². The number of pyridine rings is 1. The molecule has 0 aliphatic heterocycles. The topological polar surface area (TPSA) is 68.0 Å². The third kappa shape index (κ3) is 3.35. The van der Waals surface area contributed by atoms with Crippen molar-refractivity contribution >= 4 is 17.4 Å². The van der Waals surface area contributed by atoms with Crippen molar-refractivity contribution < 1.29 is 4.79 Å². The number of anilines is 2. The maximum absolute atomic E-state index is 12.3. The molecular formula is C16H19N3O. The molecule has 1 aromatic heterocycles. The Morgan fingerprint density at radius 2 is 1.80 bits per heavy atom. The number of nitrogen functional groups attached to an aromatic ring is 1. The fraction of sp³-hybridized carbons (Fsp3) is 0.250. The monoisotopic (exact) mass is 269 g/mol. The highest BCUT2D eigenvalue weighted by Gasteiger charge is 2.09. The molecule has 1 aromatic carbocycles. The Balaban J connectivity index is 2.25. The summed E-state index contributed by atoms with van der Waals surface area (Å²) in [4.78, 5) is 16.4. The summed E-state index contributed by atoms with van der Waals surface area (Å²) in [6.45, 7) is 5.98. The smallest absolute Gasteiger partial charge is 0.255 e. The third-order valence-electron chi connectivity index (χ3n) is 3.00. The summed E-state index contributed by atoms with van der Waals surface area (Å²) in [7, 11) is 0. The number of amides is 1. The van der Waals surface area contributed by atoms with Crippen LogP contribution in [-0.4, -0.2) is 10.9 Å².